The van der Waals surface area contributed by atoms with Crippen LogP contribution in [0.2, 0.25) is 0 Å². The first-order valence-electron chi connectivity index (χ1n) is 9.80. The summed E-state index contributed by atoms with van der Waals surface area (Å²) in [7, 11) is 0. The van der Waals surface area contributed by atoms with Gasteiger partial charge in [-0.1, -0.05) is 36.8 Å². The van der Waals surface area contributed by atoms with Crippen LogP contribution in [-0.2, 0) is 11.2 Å². The summed E-state index contributed by atoms with van der Waals surface area (Å²) in [5.41, 5.74) is 1.66. The van der Waals surface area contributed by atoms with Crippen LogP contribution in [0.4, 0.5) is 4.39 Å². The van der Waals surface area contributed by atoms with Crippen molar-refractivity contribution in [2.75, 3.05) is 19.6 Å². The fourth-order valence-corrected chi connectivity index (χ4v) is 4.91. The second-order valence-corrected chi connectivity index (χ2v) is 8.26. The zero-order valence-corrected chi connectivity index (χ0v) is 16.6. The molecule has 1 aromatic heterocycles. The van der Waals surface area contributed by atoms with E-state index < -0.39 is 0 Å². The van der Waals surface area contributed by atoms with Crippen LogP contribution in [0.15, 0.2) is 48.5 Å². The summed E-state index contributed by atoms with van der Waals surface area (Å²) in [5, 5.41) is 4.04. The minimum Gasteiger partial charge on any atom is -0.355 e. The molecule has 0 saturated carbocycles. The van der Waals surface area contributed by atoms with E-state index in [1.54, 1.807) is 23.5 Å². The normalized spacial score (nSPS) is 17.7. The third-order valence-electron chi connectivity index (χ3n) is 5.23. The lowest BCUT2D eigenvalue weighted by molar-refractivity contribution is -0.123. The molecule has 4 nitrogen and oxygen atoms in total. The third kappa shape index (κ3) is 4.39. The average molecular weight is 398 g/mol. The molecular weight excluding hydrogens is 373 g/mol. The van der Waals surface area contributed by atoms with Gasteiger partial charge in [0.05, 0.1) is 22.8 Å². The Kier molecular flexibility index (Phi) is 5.98. The third-order valence-corrected chi connectivity index (χ3v) is 6.37. The fraction of sp³-hybridized carbons (Fsp3) is 0.364. The number of nitrogens with zero attached hydrogens (tertiary/aromatic N) is 2. The predicted octanol–water partition coefficient (Wildman–Crippen LogP) is 4.32. The van der Waals surface area contributed by atoms with Crippen molar-refractivity contribution in [3.8, 4) is 0 Å². The van der Waals surface area contributed by atoms with Crippen LogP contribution in [0.1, 0.15) is 35.9 Å². The summed E-state index contributed by atoms with van der Waals surface area (Å²) >= 11 is 1.73. The van der Waals surface area contributed by atoms with Gasteiger partial charge in [-0.15, -0.1) is 11.3 Å². The lowest BCUT2D eigenvalue weighted by atomic mass is 10.0. The number of carbonyl (C=O) groups excluding carboxylic acids is 1. The minimum atomic E-state index is -0.219. The Bertz CT molecular complexity index is 925. The molecule has 4 rings (SSSR count). The highest BCUT2D eigenvalue weighted by Gasteiger charge is 2.28. The molecule has 146 valence electrons. The van der Waals surface area contributed by atoms with Gasteiger partial charge in [-0.3, -0.25) is 9.69 Å². The number of benzene rings is 2. The Hall–Kier alpha value is -2.31. The summed E-state index contributed by atoms with van der Waals surface area (Å²) in [6, 6.07) is 15.1. The average Bonchev–Trinajstić information content (AvgIpc) is 3.14. The molecule has 1 fully saturated rings. The van der Waals surface area contributed by atoms with Crippen LogP contribution in [-0.4, -0.2) is 35.4 Å². The van der Waals surface area contributed by atoms with Crippen molar-refractivity contribution in [2.24, 2.45) is 0 Å². The fourth-order valence-electron chi connectivity index (χ4n) is 3.77. The molecule has 28 heavy (non-hydrogen) atoms. The van der Waals surface area contributed by atoms with Gasteiger partial charge in [0.1, 0.15) is 10.8 Å². The van der Waals surface area contributed by atoms with E-state index in [1.165, 1.54) is 10.8 Å². The standard InChI is InChI=1S/C22H24FN3OS/c23-17-8-2-1-7-16(17)12-13-24-21(27)15-26-14-6-5-10-19(26)22-25-18-9-3-4-11-20(18)28-22/h1-4,7-9,11,19H,5-6,10,12-15H2,(H,24,27)/t19-/m0/s1. The Labute approximate surface area is 168 Å². The Morgan fingerprint density at radius 1 is 1.18 bits per heavy atom. The lowest BCUT2D eigenvalue weighted by Crippen LogP contribution is -2.42. The first-order valence-corrected chi connectivity index (χ1v) is 10.6. The van der Waals surface area contributed by atoms with E-state index in [9.17, 15) is 9.18 Å². The van der Waals surface area contributed by atoms with Crippen molar-refractivity contribution in [3.05, 3.63) is 64.9 Å². The van der Waals surface area contributed by atoms with Crippen molar-refractivity contribution >= 4 is 27.5 Å². The highest BCUT2D eigenvalue weighted by atomic mass is 32.1. The molecule has 0 radical (unpaired) electrons. The summed E-state index contributed by atoms with van der Waals surface area (Å²) in [4.78, 5) is 19.5. The molecule has 0 bridgehead atoms. The Morgan fingerprint density at radius 3 is 2.86 bits per heavy atom. The molecule has 0 spiro atoms. The summed E-state index contributed by atoms with van der Waals surface area (Å²) in [5.74, 6) is -0.229. The highest BCUT2D eigenvalue weighted by Crippen LogP contribution is 2.35. The number of piperidine rings is 1. The second-order valence-electron chi connectivity index (χ2n) is 7.19. The number of rotatable bonds is 6. The maximum absolute atomic E-state index is 13.7. The topological polar surface area (TPSA) is 45.2 Å². The second kappa shape index (κ2) is 8.80. The summed E-state index contributed by atoms with van der Waals surface area (Å²) in [6.45, 7) is 1.71. The minimum absolute atomic E-state index is 0.00986. The number of fused-ring (bicyclic) bond motifs is 1. The van der Waals surface area contributed by atoms with Gasteiger partial charge in [-0.2, -0.15) is 0 Å². The molecule has 1 atom stereocenters. The first-order chi connectivity index (χ1) is 13.7. The molecule has 1 aliphatic heterocycles. The predicted molar refractivity (Wildman–Crippen MR) is 111 cm³/mol. The van der Waals surface area contributed by atoms with Gasteiger partial charge in [-0.05, 0) is 49.6 Å². The first kappa shape index (κ1) is 19.0. The van der Waals surface area contributed by atoms with Crippen molar-refractivity contribution in [1.29, 1.82) is 0 Å². The molecule has 3 aromatic rings. The number of halogens is 1. The molecule has 1 amide bonds. The van der Waals surface area contributed by atoms with Crippen LogP contribution in [0.3, 0.4) is 0 Å². The van der Waals surface area contributed by atoms with Crippen LogP contribution < -0.4 is 5.32 Å². The molecule has 6 heteroatoms. The van der Waals surface area contributed by atoms with Crippen LogP contribution in [0, 0.1) is 5.82 Å². The molecule has 2 heterocycles. The lowest BCUT2D eigenvalue weighted by Gasteiger charge is -2.33. The maximum Gasteiger partial charge on any atom is 0.234 e. The van der Waals surface area contributed by atoms with Crippen LogP contribution >= 0.6 is 11.3 Å². The van der Waals surface area contributed by atoms with Crippen LogP contribution in [0.25, 0.3) is 10.2 Å². The summed E-state index contributed by atoms with van der Waals surface area (Å²) in [6.07, 6.45) is 3.79. The summed E-state index contributed by atoms with van der Waals surface area (Å²) < 4.78 is 14.9. The van der Waals surface area contributed by atoms with Crippen molar-refractivity contribution in [2.45, 2.75) is 31.7 Å². The van der Waals surface area contributed by atoms with Crippen molar-refractivity contribution in [3.63, 3.8) is 0 Å². The zero-order chi connectivity index (χ0) is 19.3. The SMILES string of the molecule is O=C(CN1CCCC[C@H]1c1nc2ccccc2s1)NCCc1ccccc1F. The van der Waals surface area contributed by atoms with Crippen LogP contribution in [0.5, 0.6) is 0 Å². The molecule has 1 N–H and O–H groups in total. The molecular formula is C22H24FN3OS. The van der Waals surface area contributed by atoms with Gasteiger partial charge in [0, 0.05) is 6.54 Å². The molecule has 0 unspecified atom stereocenters. The smallest absolute Gasteiger partial charge is 0.234 e. The van der Waals surface area contributed by atoms with E-state index in [-0.39, 0.29) is 17.8 Å². The van der Waals surface area contributed by atoms with Crippen molar-refractivity contribution in [1.82, 2.24) is 15.2 Å². The van der Waals surface area contributed by atoms with E-state index in [4.69, 9.17) is 4.98 Å². The molecule has 1 saturated heterocycles. The van der Waals surface area contributed by atoms with Crippen molar-refractivity contribution < 1.29 is 9.18 Å². The van der Waals surface area contributed by atoms with Gasteiger partial charge < -0.3 is 5.32 Å². The largest absolute Gasteiger partial charge is 0.355 e. The Morgan fingerprint density at radius 2 is 2.00 bits per heavy atom. The van der Waals surface area contributed by atoms with Gasteiger partial charge in [0.2, 0.25) is 5.91 Å². The number of likely N-dealkylation sites (tertiary alicyclic amines) is 1. The number of hydrogen-bond acceptors (Lipinski definition) is 4. The monoisotopic (exact) mass is 397 g/mol. The number of para-hydroxylation sites is 1. The molecule has 0 aliphatic carbocycles. The van der Waals surface area contributed by atoms with Gasteiger partial charge >= 0.3 is 0 Å². The highest BCUT2D eigenvalue weighted by molar-refractivity contribution is 7.18. The van der Waals surface area contributed by atoms with E-state index in [2.05, 4.69) is 16.3 Å². The van der Waals surface area contributed by atoms with E-state index >= 15 is 0 Å². The number of hydrogen-bond donors (Lipinski definition) is 1. The van der Waals surface area contributed by atoms with E-state index in [1.807, 2.05) is 24.3 Å². The van der Waals surface area contributed by atoms with E-state index in [0.717, 1.165) is 36.3 Å². The number of amides is 1. The zero-order valence-electron chi connectivity index (χ0n) is 15.7. The van der Waals surface area contributed by atoms with Gasteiger partial charge in [0.15, 0.2) is 0 Å². The van der Waals surface area contributed by atoms with Gasteiger partial charge in [0.25, 0.3) is 0 Å². The number of carbonyl (C=O) groups is 1. The van der Waals surface area contributed by atoms with E-state index in [0.29, 0.717) is 25.1 Å². The maximum atomic E-state index is 13.7. The molecule has 2 aromatic carbocycles. The number of nitrogens with one attached hydrogen (secondary N) is 1. The number of thiazole rings is 1. The number of aromatic nitrogens is 1. The van der Waals surface area contributed by atoms with Gasteiger partial charge in [-0.25, -0.2) is 9.37 Å². The molecule has 1 aliphatic rings. The Balaban J connectivity index is 1.36. The quantitative estimate of drug-likeness (QED) is 0.674.